The van der Waals surface area contributed by atoms with Gasteiger partial charge in [-0.25, -0.2) is 0 Å². The fraction of sp³-hybridized carbons (Fsp3) is 0.455. The summed E-state index contributed by atoms with van der Waals surface area (Å²) in [7, 11) is 1.42. The van der Waals surface area contributed by atoms with Crippen molar-refractivity contribution in [1.82, 2.24) is 20.4 Å². The normalized spacial score (nSPS) is 20.1. The van der Waals surface area contributed by atoms with Crippen LogP contribution in [0.2, 0.25) is 0 Å². The van der Waals surface area contributed by atoms with Crippen LogP contribution in [0.4, 0.5) is 0 Å². The number of hydrogen-bond donors (Lipinski definition) is 2. The number of nitrogens with one attached hydrogen (secondary N) is 2. The monoisotopic (exact) mass is 250 g/mol. The second-order valence-corrected chi connectivity index (χ2v) is 4.26. The summed E-state index contributed by atoms with van der Waals surface area (Å²) in [5, 5.41) is 9.02. The minimum absolute atomic E-state index is 0.218. The van der Waals surface area contributed by atoms with Crippen molar-refractivity contribution < 1.29 is 14.4 Å². The van der Waals surface area contributed by atoms with Crippen LogP contribution in [0.3, 0.4) is 0 Å². The molecule has 2 rings (SSSR count). The summed E-state index contributed by atoms with van der Waals surface area (Å²) in [5.74, 6) is -0.951. The molecule has 1 fully saturated rings. The average Bonchev–Trinajstić information content (AvgIpc) is 2.76. The number of imide groups is 1. The smallest absolute Gasteiger partial charge is 0.255 e. The molecule has 1 aliphatic heterocycles. The van der Waals surface area contributed by atoms with Gasteiger partial charge in [-0.15, -0.1) is 0 Å². The maximum Gasteiger partial charge on any atom is 0.255 e. The van der Waals surface area contributed by atoms with E-state index >= 15 is 0 Å². The molecule has 0 radical (unpaired) electrons. The van der Waals surface area contributed by atoms with Gasteiger partial charge in [0, 0.05) is 19.2 Å². The molecule has 1 unspecified atom stereocenters. The summed E-state index contributed by atoms with van der Waals surface area (Å²) in [6.45, 7) is 1.72. The van der Waals surface area contributed by atoms with Crippen LogP contribution in [0.15, 0.2) is 6.20 Å². The third kappa shape index (κ3) is 2.11. The van der Waals surface area contributed by atoms with Gasteiger partial charge < -0.3 is 5.32 Å². The van der Waals surface area contributed by atoms with Gasteiger partial charge >= 0.3 is 0 Å². The number of H-pyrrole nitrogens is 1. The molecule has 2 N–H and O–H groups in total. The fourth-order valence-corrected chi connectivity index (χ4v) is 1.87. The first-order chi connectivity index (χ1) is 8.50. The number of piperidine rings is 1. The van der Waals surface area contributed by atoms with Gasteiger partial charge in [-0.05, 0) is 13.3 Å². The highest BCUT2D eigenvalue weighted by Gasteiger charge is 2.33. The van der Waals surface area contributed by atoms with Crippen LogP contribution in [0, 0.1) is 6.92 Å². The highest BCUT2D eigenvalue weighted by Crippen LogP contribution is 2.12. The molecule has 0 aliphatic carbocycles. The first kappa shape index (κ1) is 12.3. The second kappa shape index (κ2) is 4.59. The third-order valence-electron chi connectivity index (χ3n) is 3.03. The summed E-state index contributed by atoms with van der Waals surface area (Å²) in [5.41, 5.74) is 1.04. The first-order valence-corrected chi connectivity index (χ1v) is 5.62. The molecule has 96 valence electrons. The van der Waals surface area contributed by atoms with Crippen molar-refractivity contribution in [3.8, 4) is 0 Å². The lowest BCUT2D eigenvalue weighted by Gasteiger charge is -2.28. The van der Waals surface area contributed by atoms with Crippen molar-refractivity contribution in [2.75, 3.05) is 7.05 Å². The highest BCUT2D eigenvalue weighted by atomic mass is 16.2. The van der Waals surface area contributed by atoms with E-state index in [0.29, 0.717) is 17.7 Å². The highest BCUT2D eigenvalue weighted by molar-refractivity contribution is 6.03. The van der Waals surface area contributed by atoms with Crippen molar-refractivity contribution in [2.45, 2.75) is 25.8 Å². The molecule has 1 atom stereocenters. The minimum atomic E-state index is -0.644. The van der Waals surface area contributed by atoms with Crippen molar-refractivity contribution in [3.05, 3.63) is 17.5 Å². The van der Waals surface area contributed by atoms with Crippen LogP contribution in [0.1, 0.15) is 28.9 Å². The van der Waals surface area contributed by atoms with E-state index in [1.54, 1.807) is 6.92 Å². The van der Waals surface area contributed by atoms with E-state index < -0.39 is 6.04 Å². The standard InChI is InChI=1S/C11H14N4O3/c1-6-7(5-12-14-6)10(17)13-8-3-4-9(16)15(2)11(8)18/h5,8H,3-4H2,1-2H3,(H,12,14)(H,13,17). The van der Waals surface area contributed by atoms with Gasteiger partial charge in [-0.2, -0.15) is 5.10 Å². The number of aromatic nitrogens is 2. The number of hydrogen-bond acceptors (Lipinski definition) is 4. The van der Waals surface area contributed by atoms with E-state index in [2.05, 4.69) is 15.5 Å². The predicted octanol–water partition coefficient (Wildman–Crippen LogP) is -0.405. The Kier molecular flexibility index (Phi) is 3.14. The average molecular weight is 250 g/mol. The summed E-state index contributed by atoms with van der Waals surface area (Å²) in [6, 6.07) is -0.644. The molecule has 7 nitrogen and oxygen atoms in total. The number of carbonyl (C=O) groups excluding carboxylic acids is 3. The Balaban J connectivity index is 2.06. The fourth-order valence-electron chi connectivity index (χ4n) is 1.87. The molecule has 0 bridgehead atoms. The third-order valence-corrected chi connectivity index (χ3v) is 3.03. The van der Waals surface area contributed by atoms with E-state index in [0.717, 1.165) is 4.90 Å². The Hall–Kier alpha value is -2.18. The van der Waals surface area contributed by atoms with Gasteiger partial charge in [0.1, 0.15) is 6.04 Å². The Morgan fingerprint density at radius 2 is 2.28 bits per heavy atom. The molecule has 1 aromatic heterocycles. The van der Waals surface area contributed by atoms with Gasteiger partial charge in [0.2, 0.25) is 5.91 Å². The zero-order valence-corrected chi connectivity index (χ0v) is 10.2. The van der Waals surface area contributed by atoms with Crippen molar-refractivity contribution in [2.24, 2.45) is 0 Å². The van der Waals surface area contributed by atoms with Crippen molar-refractivity contribution >= 4 is 17.7 Å². The van der Waals surface area contributed by atoms with Crippen LogP contribution in [-0.2, 0) is 9.59 Å². The number of likely N-dealkylation sites (N-methyl/N-ethyl adjacent to an activating group) is 1. The van der Waals surface area contributed by atoms with Gasteiger partial charge in [0.15, 0.2) is 0 Å². The molecular weight excluding hydrogens is 236 g/mol. The Morgan fingerprint density at radius 1 is 1.56 bits per heavy atom. The Labute approximate surface area is 104 Å². The number of nitrogens with zero attached hydrogens (tertiary/aromatic N) is 2. The van der Waals surface area contributed by atoms with Crippen molar-refractivity contribution in [3.63, 3.8) is 0 Å². The van der Waals surface area contributed by atoms with E-state index in [-0.39, 0.29) is 24.1 Å². The Bertz CT molecular complexity index is 508. The van der Waals surface area contributed by atoms with E-state index in [1.165, 1.54) is 13.2 Å². The lowest BCUT2D eigenvalue weighted by atomic mass is 10.0. The van der Waals surface area contributed by atoms with Crippen LogP contribution < -0.4 is 5.32 Å². The zero-order chi connectivity index (χ0) is 13.3. The van der Waals surface area contributed by atoms with Gasteiger partial charge in [-0.1, -0.05) is 0 Å². The van der Waals surface area contributed by atoms with E-state index in [4.69, 9.17) is 0 Å². The summed E-state index contributed by atoms with van der Waals surface area (Å²) < 4.78 is 0. The second-order valence-electron chi connectivity index (χ2n) is 4.26. The molecule has 3 amide bonds. The number of aromatic amines is 1. The molecule has 7 heteroatoms. The Morgan fingerprint density at radius 3 is 2.89 bits per heavy atom. The lowest BCUT2D eigenvalue weighted by molar-refractivity contribution is -0.147. The van der Waals surface area contributed by atoms with Crippen molar-refractivity contribution in [1.29, 1.82) is 0 Å². The number of aryl methyl sites for hydroxylation is 1. The summed E-state index contributed by atoms with van der Waals surface area (Å²) in [4.78, 5) is 36.0. The first-order valence-electron chi connectivity index (χ1n) is 5.62. The number of rotatable bonds is 2. The van der Waals surface area contributed by atoms with Gasteiger partial charge in [-0.3, -0.25) is 24.4 Å². The predicted molar refractivity (Wildman–Crippen MR) is 61.6 cm³/mol. The number of carbonyl (C=O) groups is 3. The quantitative estimate of drug-likeness (QED) is 0.698. The topological polar surface area (TPSA) is 95.2 Å². The lowest BCUT2D eigenvalue weighted by Crippen LogP contribution is -2.52. The zero-order valence-electron chi connectivity index (χ0n) is 10.2. The minimum Gasteiger partial charge on any atom is -0.340 e. The molecule has 0 aromatic carbocycles. The molecule has 1 aliphatic rings. The molecule has 18 heavy (non-hydrogen) atoms. The number of amides is 3. The van der Waals surface area contributed by atoms with Crippen LogP contribution in [0.25, 0.3) is 0 Å². The molecular formula is C11H14N4O3. The largest absolute Gasteiger partial charge is 0.340 e. The number of likely N-dealkylation sites (tertiary alicyclic amines) is 1. The van der Waals surface area contributed by atoms with Crippen LogP contribution in [-0.4, -0.2) is 45.9 Å². The SMILES string of the molecule is Cc1[nH]ncc1C(=O)NC1CCC(=O)N(C)C1=O. The molecule has 0 saturated carbocycles. The molecule has 1 saturated heterocycles. The van der Waals surface area contributed by atoms with Gasteiger partial charge in [0.25, 0.3) is 11.8 Å². The maximum atomic E-state index is 11.9. The molecule has 0 spiro atoms. The van der Waals surface area contributed by atoms with Crippen LogP contribution in [0.5, 0.6) is 0 Å². The van der Waals surface area contributed by atoms with E-state index in [9.17, 15) is 14.4 Å². The molecule has 2 heterocycles. The summed E-state index contributed by atoms with van der Waals surface area (Å²) >= 11 is 0. The van der Waals surface area contributed by atoms with E-state index in [1.807, 2.05) is 0 Å². The summed E-state index contributed by atoms with van der Waals surface area (Å²) in [6.07, 6.45) is 2.01. The van der Waals surface area contributed by atoms with Gasteiger partial charge in [0.05, 0.1) is 11.8 Å². The maximum absolute atomic E-state index is 11.9. The molecule has 1 aromatic rings. The van der Waals surface area contributed by atoms with Crippen LogP contribution >= 0.6 is 0 Å².